The third kappa shape index (κ3) is 2.81. The minimum atomic E-state index is -0.203. The molecule has 17 heavy (non-hydrogen) atoms. The van der Waals surface area contributed by atoms with Gasteiger partial charge in [-0.2, -0.15) is 0 Å². The number of anilines is 1. The Morgan fingerprint density at radius 3 is 3.06 bits per heavy atom. The van der Waals surface area contributed by atoms with E-state index in [4.69, 9.17) is 11.6 Å². The van der Waals surface area contributed by atoms with Crippen LogP contribution in [0, 0.1) is 6.92 Å². The van der Waals surface area contributed by atoms with Crippen LogP contribution < -0.4 is 5.32 Å². The molecule has 2 heterocycles. The zero-order chi connectivity index (χ0) is 12.3. The van der Waals surface area contributed by atoms with Gasteiger partial charge in [-0.05, 0) is 19.1 Å². The van der Waals surface area contributed by atoms with Crippen LogP contribution in [0.2, 0.25) is 0 Å². The zero-order valence-electron chi connectivity index (χ0n) is 9.11. The number of nitrogens with zero attached hydrogens (tertiary/aromatic N) is 2. The lowest BCUT2D eigenvalue weighted by atomic mass is 10.2. The lowest BCUT2D eigenvalue weighted by Gasteiger charge is -2.03. The molecule has 0 bridgehead atoms. The molecule has 6 heteroatoms. The van der Waals surface area contributed by atoms with Crippen LogP contribution in [0.3, 0.4) is 0 Å². The number of alkyl halides is 1. The fraction of sp³-hybridized carbons (Fsp3) is 0.182. The van der Waals surface area contributed by atoms with Crippen molar-refractivity contribution in [2.24, 2.45) is 0 Å². The van der Waals surface area contributed by atoms with E-state index in [0.717, 1.165) is 5.69 Å². The van der Waals surface area contributed by atoms with Crippen LogP contribution in [0.15, 0.2) is 23.7 Å². The molecule has 2 rings (SSSR count). The van der Waals surface area contributed by atoms with Crippen molar-refractivity contribution >= 4 is 34.0 Å². The van der Waals surface area contributed by atoms with Crippen LogP contribution >= 0.6 is 22.9 Å². The first-order valence-electron chi connectivity index (χ1n) is 4.94. The van der Waals surface area contributed by atoms with Crippen LogP contribution in [0.4, 0.5) is 5.13 Å². The Morgan fingerprint density at radius 1 is 1.59 bits per heavy atom. The SMILES string of the molecule is Cc1ncccc1C(=O)Nc1nc(CCl)cs1. The van der Waals surface area contributed by atoms with Gasteiger partial charge in [-0.25, -0.2) is 4.98 Å². The molecule has 88 valence electrons. The quantitative estimate of drug-likeness (QED) is 0.870. The van der Waals surface area contributed by atoms with Crippen molar-refractivity contribution in [1.82, 2.24) is 9.97 Å². The van der Waals surface area contributed by atoms with E-state index in [0.29, 0.717) is 22.3 Å². The van der Waals surface area contributed by atoms with Gasteiger partial charge in [0, 0.05) is 17.3 Å². The van der Waals surface area contributed by atoms with Gasteiger partial charge in [0.15, 0.2) is 5.13 Å². The molecule has 0 atom stereocenters. The van der Waals surface area contributed by atoms with E-state index in [9.17, 15) is 4.79 Å². The Kier molecular flexibility index (Phi) is 3.71. The maximum absolute atomic E-state index is 11.9. The van der Waals surface area contributed by atoms with Crippen molar-refractivity contribution in [3.63, 3.8) is 0 Å². The predicted molar refractivity (Wildman–Crippen MR) is 68.6 cm³/mol. The number of halogens is 1. The minimum Gasteiger partial charge on any atom is -0.298 e. The maximum Gasteiger partial charge on any atom is 0.259 e. The first kappa shape index (κ1) is 12.0. The number of amides is 1. The maximum atomic E-state index is 11.9. The number of hydrogen-bond donors (Lipinski definition) is 1. The summed E-state index contributed by atoms with van der Waals surface area (Å²) in [6.07, 6.45) is 1.65. The highest BCUT2D eigenvalue weighted by Gasteiger charge is 2.11. The molecule has 0 radical (unpaired) electrons. The summed E-state index contributed by atoms with van der Waals surface area (Å²) in [5, 5.41) is 5.09. The van der Waals surface area contributed by atoms with E-state index in [1.165, 1.54) is 11.3 Å². The van der Waals surface area contributed by atoms with Crippen molar-refractivity contribution in [3.05, 3.63) is 40.7 Å². The number of nitrogens with one attached hydrogen (secondary N) is 1. The Morgan fingerprint density at radius 2 is 2.41 bits per heavy atom. The topological polar surface area (TPSA) is 54.9 Å². The Bertz CT molecular complexity index is 541. The number of carbonyl (C=O) groups is 1. The first-order chi connectivity index (χ1) is 8.20. The molecule has 1 amide bonds. The molecule has 1 N–H and O–H groups in total. The molecule has 0 saturated carbocycles. The number of carbonyl (C=O) groups excluding carboxylic acids is 1. The molecule has 0 aliphatic carbocycles. The number of pyridine rings is 1. The summed E-state index contributed by atoms with van der Waals surface area (Å²) in [7, 11) is 0. The van der Waals surface area contributed by atoms with Crippen LogP contribution in [-0.2, 0) is 5.88 Å². The van der Waals surface area contributed by atoms with Gasteiger partial charge < -0.3 is 0 Å². The highest BCUT2D eigenvalue weighted by atomic mass is 35.5. The van der Waals surface area contributed by atoms with Gasteiger partial charge in [-0.1, -0.05) is 0 Å². The predicted octanol–water partition coefficient (Wildman–Crippen LogP) is 2.84. The third-order valence-corrected chi connectivity index (χ3v) is 3.24. The second-order valence-corrected chi connectivity index (χ2v) is 4.49. The molecule has 2 aromatic rings. The second-order valence-electron chi connectivity index (χ2n) is 3.37. The summed E-state index contributed by atoms with van der Waals surface area (Å²) in [5.41, 5.74) is 2.00. The molecule has 0 aromatic carbocycles. The summed E-state index contributed by atoms with van der Waals surface area (Å²) in [5.74, 6) is 0.143. The highest BCUT2D eigenvalue weighted by Crippen LogP contribution is 2.18. The van der Waals surface area contributed by atoms with E-state index in [-0.39, 0.29) is 5.91 Å². The van der Waals surface area contributed by atoms with Crippen molar-refractivity contribution in [1.29, 1.82) is 0 Å². The Hall–Kier alpha value is -1.46. The summed E-state index contributed by atoms with van der Waals surface area (Å²) >= 11 is 7.00. The van der Waals surface area contributed by atoms with Crippen LogP contribution in [-0.4, -0.2) is 15.9 Å². The van der Waals surface area contributed by atoms with Gasteiger partial charge in [0.05, 0.1) is 17.1 Å². The van der Waals surface area contributed by atoms with Crippen molar-refractivity contribution in [2.45, 2.75) is 12.8 Å². The summed E-state index contributed by atoms with van der Waals surface area (Å²) in [4.78, 5) is 20.1. The van der Waals surface area contributed by atoms with E-state index in [1.807, 2.05) is 5.38 Å². The van der Waals surface area contributed by atoms with Gasteiger partial charge in [0.25, 0.3) is 5.91 Å². The lowest BCUT2D eigenvalue weighted by Crippen LogP contribution is -2.13. The normalized spacial score (nSPS) is 10.2. The van der Waals surface area contributed by atoms with Crippen LogP contribution in [0.5, 0.6) is 0 Å². The summed E-state index contributed by atoms with van der Waals surface area (Å²) in [6.45, 7) is 1.79. The third-order valence-electron chi connectivity index (χ3n) is 2.16. The molecule has 0 aliphatic rings. The number of aromatic nitrogens is 2. The van der Waals surface area contributed by atoms with E-state index in [1.54, 1.807) is 25.3 Å². The van der Waals surface area contributed by atoms with Gasteiger partial charge in [-0.3, -0.25) is 15.1 Å². The molecule has 0 aliphatic heterocycles. The smallest absolute Gasteiger partial charge is 0.259 e. The molecule has 0 spiro atoms. The summed E-state index contributed by atoms with van der Waals surface area (Å²) < 4.78 is 0. The van der Waals surface area contributed by atoms with Crippen LogP contribution in [0.25, 0.3) is 0 Å². The average Bonchev–Trinajstić information content (AvgIpc) is 2.77. The van der Waals surface area contributed by atoms with E-state index >= 15 is 0 Å². The van der Waals surface area contributed by atoms with Crippen molar-refractivity contribution in [2.75, 3.05) is 5.32 Å². The van der Waals surface area contributed by atoms with Crippen LogP contribution in [0.1, 0.15) is 21.7 Å². The largest absolute Gasteiger partial charge is 0.298 e. The van der Waals surface area contributed by atoms with Gasteiger partial charge in [-0.15, -0.1) is 22.9 Å². The highest BCUT2D eigenvalue weighted by molar-refractivity contribution is 7.14. The summed E-state index contributed by atoms with van der Waals surface area (Å²) in [6, 6.07) is 3.46. The Balaban J connectivity index is 2.14. The van der Waals surface area contributed by atoms with E-state index in [2.05, 4.69) is 15.3 Å². The monoisotopic (exact) mass is 267 g/mol. The molecule has 0 fully saturated rings. The molecular weight excluding hydrogens is 258 g/mol. The lowest BCUT2D eigenvalue weighted by molar-refractivity contribution is 0.102. The molecule has 4 nitrogen and oxygen atoms in total. The first-order valence-corrected chi connectivity index (χ1v) is 6.35. The molecular formula is C11H10ClN3OS. The average molecular weight is 268 g/mol. The number of thiazole rings is 1. The number of aryl methyl sites for hydroxylation is 1. The fourth-order valence-electron chi connectivity index (χ4n) is 1.31. The zero-order valence-corrected chi connectivity index (χ0v) is 10.7. The number of hydrogen-bond acceptors (Lipinski definition) is 4. The molecule has 2 aromatic heterocycles. The van der Waals surface area contributed by atoms with Crippen molar-refractivity contribution in [3.8, 4) is 0 Å². The van der Waals surface area contributed by atoms with Gasteiger partial charge in [0.1, 0.15) is 0 Å². The Labute approximate surface area is 108 Å². The number of rotatable bonds is 3. The second kappa shape index (κ2) is 5.25. The minimum absolute atomic E-state index is 0.203. The molecule has 0 saturated heterocycles. The fourth-order valence-corrected chi connectivity index (χ4v) is 2.25. The standard InChI is InChI=1S/C11H10ClN3OS/c1-7-9(3-2-4-13-7)10(16)15-11-14-8(5-12)6-17-11/h2-4,6H,5H2,1H3,(H,14,15,16). The van der Waals surface area contributed by atoms with Gasteiger partial charge >= 0.3 is 0 Å². The van der Waals surface area contributed by atoms with Gasteiger partial charge in [0.2, 0.25) is 0 Å². The molecule has 0 unspecified atom stereocenters. The van der Waals surface area contributed by atoms with E-state index < -0.39 is 0 Å². The van der Waals surface area contributed by atoms with Crippen molar-refractivity contribution < 1.29 is 4.79 Å².